The largest absolute Gasteiger partial charge is 0.481 e. The van der Waals surface area contributed by atoms with Crippen molar-refractivity contribution in [1.29, 1.82) is 0 Å². The lowest BCUT2D eigenvalue weighted by atomic mass is 9.78. The fraction of sp³-hybridized carbons (Fsp3) is 0.750. The lowest BCUT2D eigenvalue weighted by Gasteiger charge is -2.43. The maximum Gasteiger partial charge on any atom is 0.305 e. The lowest BCUT2D eigenvalue weighted by Crippen LogP contribution is -2.48. The summed E-state index contributed by atoms with van der Waals surface area (Å²) in [5.74, 6) is -0.693. The van der Waals surface area contributed by atoms with Crippen LogP contribution in [-0.2, 0) is 11.3 Å². The van der Waals surface area contributed by atoms with Gasteiger partial charge in [-0.25, -0.2) is 0 Å². The topological polar surface area (TPSA) is 58.4 Å². The number of carboxylic acids is 1. The van der Waals surface area contributed by atoms with E-state index >= 15 is 0 Å². The maximum absolute atomic E-state index is 11.3. The van der Waals surface area contributed by atoms with Gasteiger partial charge in [0, 0.05) is 29.9 Å². The number of hydrogen-bond acceptors (Lipinski definition) is 3. The first kappa shape index (κ1) is 16.0. The smallest absolute Gasteiger partial charge is 0.305 e. The quantitative estimate of drug-likeness (QED) is 0.875. The second-order valence-electron chi connectivity index (χ2n) is 6.63. The highest BCUT2D eigenvalue weighted by Crippen LogP contribution is 2.36. The Morgan fingerprint density at radius 1 is 1.43 bits per heavy atom. The third-order valence-corrected chi connectivity index (χ3v) is 4.68. The fourth-order valence-electron chi connectivity index (χ4n) is 3.37. The number of carboxylic acid groups (broad SMARTS) is 1. The van der Waals surface area contributed by atoms with Crippen molar-refractivity contribution in [3.8, 4) is 0 Å². The number of hydrogen-bond donors (Lipinski definition) is 1. The molecule has 0 radical (unpaired) electrons. The van der Waals surface area contributed by atoms with Gasteiger partial charge in [-0.05, 0) is 33.7 Å². The summed E-state index contributed by atoms with van der Waals surface area (Å²) in [7, 11) is 2.06. The number of nitrogens with zero attached hydrogens (tertiary/aromatic N) is 3. The van der Waals surface area contributed by atoms with Crippen molar-refractivity contribution in [2.75, 3.05) is 7.05 Å². The van der Waals surface area contributed by atoms with E-state index in [4.69, 9.17) is 0 Å². The summed E-state index contributed by atoms with van der Waals surface area (Å²) in [4.78, 5) is 13.5. The van der Waals surface area contributed by atoms with Gasteiger partial charge in [0.25, 0.3) is 0 Å². The zero-order valence-electron chi connectivity index (χ0n) is 13.4. The van der Waals surface area contributed by atoms with E-state index < -0.39 is 5.97 Å². The zero-order chi connectivity index (χ0) is 15.5. The van der Waals surface area contributed by atoms with Crippen LogP contribution in [0.1, 0.15) is 64.0 Å². The van der Waals surface area contributed by atoms with Gasteiger partial charge in [-0.2, -0.15) is 5.10 Å². The minimum Gasteiger partial charge on any atom is -0.481 e. The predicted molar refractivity (Wildman–Crippen MR) is 82.1 cm³/mol. The average Bonchev–Trinajstić information content (AvgIpc) is 2.87. The summed E-state index contributed by atoms with van der Waals surface area (Å²) >= 11 is 0. The van der Waals surface area contributed by atoms with Crippen LogP contribution in [-0.4, -0.2) is 38.3 Å². The predicted octanol–water partition coefficient (Wildman–Crippen LogP) is 3.07. The number of rotatable bonds is 6. The van der Waals surface area contributed by atoms with Gasteiger partial charge >= 0.3 is 5.97 Å². The van der Waals surface area contributed by atoms with Crippen molar-refractivity contribution in [2.45, 2.75) is 70.5 Å². The van der Waals surface area contributed by atoms with Gasteiger partial charge in [-0.1, -0.05) is 19.3 Å². The SMILES string of the molecule is CC(C)n1cc(CN(C)C2(CC(=O)O)CCCCC2)cn1. The van der Waals surface area contributed by atoms with Crippen LogP contribution in [0.25, 0.3) is 0 Å². The number of aromatic nitrogens is 2. The summed E-state index contributed by atoms with van der Waals surface area (Å²) in [5.41, 5.74) is 0.964. The van der Waals surface area contributed by atoms with E-state index in [9.17, 15) is 9.90 Å². The molecule has 2 rings (SSSR count). The molecule has 0 amide bonds. The molecule has 1 aliphatic carbocycles. The van der Waals surface area contributed by atoms with Crippen molar-refractivity contribution >= 4 is 5.97 Å². The summed E-state index contributed by atoms with van der Waals surface area (Å²) in [6.07, 6.45) is 9.64. The normalized spacial score (nSPS) is 18.3. The van der Waals surface area contributed by atoms with Crippen LogP contribution < -0.4 is 0 Å². The second-order valence-corrected chi connectivity index (χ2v) is 6.63. The van der Waals surface area contributed by atoms with Crippen LogP contribution in [0, 0.1) is 0 Å². The molecule has 0 aromatic carbocycles. The van der Waals surface area contributed by atoms with E-state index in [1.807, 2.05) is 10.9 Å². The van der Waals surface area contributed by atoms with Crippen molar-refractivity contribution < 1.29 is 9.90 Å². The van der Waals surface area contributed by atoms with Gasteiger partial charge in [0.2, 0.25) is 0 Å². The van der Waals surface area contributed by atoms with Gasteiger partial charge < -0.3 is 5.11 Å². The molecule has 0 aliphatic heterocycles. The molecule has 0 spiro atoms. The molecule has 21 heavy (non-hydrogen) atoms. The molecule has 0 saturated heterocycles. The van der Waals surface area contributed by atoms with Gasteiger partial charge in [0.15, 0.2) is 0 Å². The highest BCUT2D eigenvalue weighted by atomic mass is 16.4. The monoisotopic (exact) mass is 293 g/mol. The van der Waals surface area contributed by atoms with Gasteiger partial charge in [-0.3, -0.25) is 14.4 Å². The minimum atomic E-state index is -0.693. The second kappa shape index (κ2) is 6.60. The Balaban J connectivity index is 2.10. The molecule has 1 saturated carbocycles. The number of aliphatic carboxylic acids is 1. The van der Waals surface area contributed by atoms with Crippen LogP contribution >= 0.6 is 0 Å². The summed E-state index contributed by atoms with van der Waals surface area (Å²) in [5, 5.41) is 13.7. The molecular weight excluding hydrogens is 266 g/mol. The molecule has 5 nitrogen and oxygen atoms in total. The Kier molecular flexibility index (Phi) is 5.04. The number of carbonyl (C=O) groups is 1. The van der Waals surface area contributed by atoms with Crippen molar-refractivity contribution in [2.24, 2.45) is 0 Å². The van der Waals surface area contributed by atoms with Crippen LogP contribution in [0.5, 0.6) is 0 Å². The van der Waals surface area contributed by atoms with Crippen LogP contribution in [0.4, 0.5) is 0 Å². The third-order valence-electron chi connectivity index (χ3n) is 4.68. The first-order chi connectivity index (χ1) is 9.93. The van der Waals surface area contributed by atoms with Gasteiger partial charge in [-0.15, -0.1) is 0 Å². The van der Waals surface area contributed by atoms with Crippen LogP contribution in [0.3, 0.4) is 0 Å². The van der Waals surface area contributed by atoms with E-state index in [-0.39, 0.29) is 12.0 Å². The molecule has 1 aromatic rings. The van der Waals surface area contributed by atoms with Crippen molar-refractivity contribution in [3.05, 3.63) is 18.0 Å². The first-order valence-electron chi connectivity index (χ1n) is 7.89. The van der Waals surface area contributed by atoms with Crippen LogP contribution in [0.15, 0.2) is 12.4 Å². The van der Waals surface area contributed by atoms with E-state index in [0.717, 1.165) is 37.8 Å². The Hall–Kier alpha value is -1.36. The van der Waals surface area contributed by atoms with Crippen molar-refractivity contribution in [3.63, 3.8) is 0 Å². The average molecular weight is 293 g/mol. The standard InChI is InChI=1S/C16H27N3O2/c1-13(2)19-12-14(10-17-19)11-18(3)16(9-15(20)21)7-5-4-6-8-16/h10,12-13H,4-9,11H2,1-3H3,(H,20,21). The van der Waals surface area contributed by atoms with Crippen LogP contribution in [0.2, 0.25) is 0 Å². The molecule has 0 atom stereocenters. The fourth-order valence-corrected chi connectivity index (χ4v) is 3.37. The minimum absolute atomic E-state index is 0.190. The highest BCUT2D eigenvalue weighted by Gasteiger charge is 2.38. The molecule has 1 N–H and O–H groups in total. The molecule has 1 fully saturated rings. The molecule has 118 valence electrons. The summed E-state index contributed by atoms with van der Waals surface area (Å²) in [6, 6.07) is 0.353. The maximum atomic E-state index is 11.3. The van der Waals surface area contributed by atoms with E-state index in [1.165, 1.54) is 6.42 Å². The lowest BCUT2D eigenvalue weighted by molar-refractivity contribution is -0.141. The van der Waals surface area contributed by atoms with Gasteiger partial charge in [0.1, 0.15) is 0 Å². The highest BCUT2D eigenvalue weighted by molar-refractivity contribution is 5.68. The van der Waals surface area contributed by atoms with Crippen molar-refractivity contribution in [1.82, 2.24) is 14.7 Å². The van der Waals surface area contributed by atoms with E-state index in [1.54, 1.807) is 0 Å². The van der Waals surface area contributed by atoms with E-state index in [0.29, 0.717) is 6.04 Å². The molecule has 5 heteroatoms. The Morgan fingerprint density at radius 3 is 2.62 bits per heavy atom. The summed E-state index contributed by atoms with van der Waals surface area (Å²) in [6.45, 7) is 4.97. The Bertz CT molecular complexity index is 476. The zero-order valence-corrected chi connectivity index (χ0v) is 13.4. The third kappa shape index (κ3) is 3.84. The molecule has 0 bridgehead atoms. The van der Waals surface area contributed by atoms with E-state index in [2.05, 4.69) is 37.1 Å². The Morgan fingerprint density at radius 2 is 2.10 bits per heavy atom. The molecular formula is C16H27N3O2. The molecule has 1 aliphatic rings. The molecule has 1 heterocycles. The molecule has 0 unspecified atom stereocenters. The summed E-state index contributed by atoms with van der Waals surface area (Å²) < 4.78 is 1.95. The first-order valence-corrected chi connectivity index (χ1v) is 7.89. The Labute approximate surface area is 126 Å². The van der Waals surface area contributed by atoms with Gasteiger partial charge in [0.05, 0.1) is 12.6 Å². The molecule has 1 aromatic heterocycles.